The predicted octanol–water partition coefficient (Wildman–Crippen LogP) is 1.29. The average molecular weight is 393 g/mol. The molecule has 0 unspecified atom stereocenters. The molecule has 27 heavy (non-hydrogen) atoms. The molecule has 10 heteroatoms. The van der Waals surface area contributed by atoms with Crippen molar-refractivity contribution in [3.05, 3.63) is 42.4 Å². The second-order valence-corrected chi connectivity index (χ2v) is 6.71. The van der Waals surface area contributed by atoms with E-state index < -0.39 is 23.1 Å². The van der Waals surface area contributed by atoms with E-state index >= 15 is 0 Å². The number of nitrogens with zero attached hydrogens (tertiary/aromatic N) is 3. The summed E-state index contributed by atoms with van der Waals surface area (Å²) in [5, 5.41) is 10.3. The summed E-state index contributed by atoms with van der Waals surface area (Å²) in [5.74, 6) is -1.42. The van der Waals surface area contributed by atoms with Crippen molar-refractivity contribution < 1.29 is 19.4 Å². The molecule has 0 aromatic carbocycles. The molecule has 0 aliphatic carbocycles. The smallest absolute Gasteiger partial charge is 0.341 e. The quantitative estimate of drug-likeness (QED) is 0.464. The molecule has 144 valence electrons. The summed E-state index contributed by atoms with van der Waals surface area (Å²) < 4.78 is 6.74. The zero-order chi connectivity index (χ0) is 20.5. The monoisotopic (exact) mass is 393 g/mol. The van der Waals surface area contributed by atoms with Gasteiger partial charge in [-0.2, -0.15) is 0 Å². The Morgan fingerprint density at radius 2 is 1.89 bits per heavy atom. The van der Waals surface area contributed by atoms with Gasteiger partial charge in [-0.15, -0.1) is 11.3 Å². The summed E-state index contributed by atoms with van der Waals surface area (Å²) in [6, 6.07) is 0. The molecule has 0 aliphatic heterocycles. The van der Waals surface area contributed by atoms with Gasteiger partial charge in [-0.1, -0.05) is 0 Å². The fourth-order valence-electron chi connectivity index (χ4n) is 2.46. The maximum Gasteiger partial charge on any atom is 0.341 e. The Bertz CT molecular complexity index is 1070. The van der Waals surface area contributed by atoms with E-state index in [2.05, 4.69) is 4.99 Å². The molecule has 2 aromatic rings. The predicted molar refractivity (Wildman–Crippen MR) is 101 cm³/mol. The number of carbonyl (C=O) groups is 2. The molecule has 0 bridgehead atoms. The molecule has 0 aliphatic rings. The van der Waals surface area contributed by atoms with Crippen LogP contribution < -0.4 is 11.2 Å². The number of aliphatic imine (C=N–C) groups is 1. The summed E-state index contributed by atoms with van der Waals surface area (Å²) in [7, 11) is 2.58. The Morgan fingerprint density at radius 1 is 1.26 bits per heavy atom. The number of ketones is 1. The molecule has 9 nitrogen and oxygen atoms in total. The van der Waals surface area contributed by atoms with E-state index in [1.807, 2.05) is 0 Å². The number of hydrogen-bond acceptors (Lipinski definition) is 8. The fraction of sp³-hybridized carbons (Fsp3) is 0.353. The van der Waals surface area contributed by atoms with Crippen LogP contribution in [0, 0.1) is 6.92 Å². The van der Waals surface area contributed by atoms with Gasteiger partial charge < -0.3 is 9.84 Å². The van der Waals surface area contributed by atoms with Crippen molar-refractivity contribution in [3.8, 4) is 5.88 Å². The van der Waals surface area contributed by atoms with E-state index in [4.69, 9.17) is 4.74 Å². The van der Waals surface area contributed by atoms with Crippen LogP contribution in [0.1, 0.15) is 45.0 Å². The molecule has 1 N–H and O–H groups in total. The van der Waals surface area contributed by atoms with Crippen molar-refractivity contribution >= 4 is 34.3 Å². The lowest BCUT2D eigenvalue weighted by Gasteiger charge is -2.07. The van der Waals surface area contributed by atoms with Gasteiger partial charge in [0.05, 0.1) is 17.0 Å². The zero-order valence-electron chi connectivity index (χ0n) is 15.5. The number of esters is 1. The number of aromatic nitrogens is 2. The lowest BCUT2D eigenvalue weighted by atomic mass is 10.1. The van der Waals surface area contributed by atoms with Gasteiger partial charge in [-0.25, -0.2) is 14.6 Å². The van der Waals surface area contributed by atoms with Gasteiger partial charge in [-0.05, 0) is 26.3 Å². The molecule has 0 atom stereocenters. The highest BCUT2D eigenvalue weighted by Gasteiger charge is 2.24. The topological polar surface area (TPSA) is 120 Å². The third-order valence-corrected chi connectivity index (χ3v) is 5.21. The van der Waals surface area contributed by atoms with Crippen LogP contribution in [-0.2, 0) is 18.8 Å². The molecule has 0 fully saturated rings. The van der Waals surface area contributed by atoms with Crippen LogP contribution in [0.5, 0.6) is 5.88 Å². The highest BCUT2D eigenvalue weighted by atomic mass is 32.1. The highest BCUT2D eigenvalue weighted by molar-refractivity contribution is 7.18. The molecule has 0 amide bonds. The first-order valence-electron chi connectivity index (χ1n) is 7.96. The Morgan fingerprint density at radius 3 is 2.44 bits per heavy atom. The fourth-order valence-corrected chi connectivity index (χ4v) is 3.50. The second kappa shape index (κ2) is 7.70. The van der Waals surface area contributed by atoms with Crippen LogP contribution in [-0.4, -0.2) is 38.8 Å². The Labute approximate surface area is 158 Å². The first kappa shape index (κ1) is 20.3. The summed E-state index contributed by atoms with van der Waals surface area (Å²) in [6.45, 7) is 4.78. The summed E-state index contributed by atoms with van der Waals surface area (Å²) in [4.78, 5) is 52.6. The van der Waals surface area contributed by atoms with Crippen molar-refractivity contribution in [2.45, 2.75) is 20.8 Å². The highest BCUT2D eigenvalue weighted by Crippen LogP contribution is 2.36. The summed E-state index contributed by atoms with van der Waals surface area (Å²) >= 11 is 0.984. The Balaban J connectivity index is 2.66. The van der Waals surface area contributed by atoms with Gasteiger partial charge in [0.2, 0.25) is 5.88 Å². The van der Waals surface area contributed by atoms with E-state index in [1.54, 1.807) is 13.8 Å². The van der Waals surface area contributed by atoms with E-state index in [0.29, 0.717) is 10.4 Å². The molecule has 0 saturated carbocycles. The summed E-state index contributed by atoms with van der Waals surface area (Å²) in [5.41, 5.74) is -1.07. The van der Waals surface area contributed by atoms with Gasteiger partial charge in [0, 0.05) is 20.3 Å². The molecule has 0 radical (unpaired) electrons. The molecule has 2 heterocycles. The van der Waals surface area contributed by atoms with E-state index in [-0.39, 0.29) is 28.5 Å². The van der Waals surface area contributed by atoms with E-state index in [9.17, 15) is 24.3 Å². The van der Waals surface area contributed by atoms with Crippen LogP contribution in [0.15, 0.2) is 14.6 Å². The van der Waals surface area contributed by atoms with Gasteiger partial charge in [0.15, 0.2) is 5.78 Å². The van der Waals surface area contributed by atoms with Gasteiger partial charge >= 0.3 is 11.7 Å². The molecule has 2 aromatic heterocycles. The van der Waals surface area contributed by atoms with Crippen molar-refractivity contribution in [2.75, 3.05) is 6.61 Å². The van der Waals surface area contributed by atoms with Gasteiger partial charge in [-0.3, -0.25) is 18.7 Å². The van der Waals surface area contributed by atoms with Gasteiger partial charge in [0.1, 0.15) is 10.6 Å². The second-order valence-electron chi connectivity index (χ2n) is 5.71. The standard InChI is InChI=1S/C17H19N3O6S/c1-6-26-16(24)11-8(2)12(9(3)21)27-13(11)18-7-10-14(22)19(4)17(25)20(5)15(10)23/h7,22H,6H2,1-5H3/b18-7+. The SMILES string of the molecule is CCOC(=O)c1c(/N=C/c2c(O)n(C)c(=O)n(C)c2=O)sc(C(C)=O)c1C. The van der Waals surface area contributed by atoms with Crippen LogP contribution in [0.25, 0.3) is 0 Å². The molecule has 0 saturated heterocycles. The average Bonchev–Trinajstić information content (AvgIpc) is 2.95. The van der Waals surface area contributed by atoms with Crippen molar-refractivity contribution in [1.82, 2.24) is 9.13 Å². The minimum Gasteiger partial charge on any atom is -0.494 e. The van der Waals surface area contributed by atoms with Crippen LogP contribution in [0.2, 0.25) is 0 Å². The number of Topliss-reactive ketones (excluding diaryl/α,β-unsaturated/α-hetero) is 1. The van der Waals surface area contributed by atoms with E-state index in [1.165, 1.54) is 21.0 Å². The Hall–Kier alpha value is -3.01. The number of hydrogen-bond donors (Lipinski definition) is 1. The maximum absolute atomic E-state index is 12.3. The van der Waals surface area contributed by atoms with Crippen molar-refractivity contribution in [2.24, 2.45) is 19.1 Å². The lowest BCUT2D eigenvalue weighted by molar-refractivity contribution is 0.0527. The Kier molecular flexibility index (Phi) is 5.79. The molecular formula is C17H19N3O6S. The van der Waals surface area contributed by atoms with Crippen LogP contribution >= 0.6 is 11.3 Å². The number of rotatable bonds is 5. The first-order chi connectivity index (χ1) is 12.6. The minimum atomic E-state index is -0.739. The van der Waals surface area contributed by atoms with Crippen LogP contribution in [0.3, 0.4) is 0 Å². The first-order valence-corrected chi connectivity index (χ1v) is 8.77. The minimum absolute atomic E-state index is 0.129. The van der Waals surface area contributed by atoms with Crippen molar-refractivity contribution in [3.63, 3.8) is 0 Å². The van der Waals surface area contributed by atoms with Crippen molar-refractivity contribution in [1.29, 1.82) is 0 Å². The molecule has 2 rings (SSSR count). The van der Waals surface area contributed by atoms with E-state index in [0.717, 1.165) is 26.7 Å². The lowest BCUT2D eigenvalue weighted by Crippen LogP contribution is -2.38. The third kappa shape index (κ3) is 3.61. The number of carbonyl (C=O) groups excluding carboxylic acids is 2. The maximum atomic E-state index is 12.3. The zero-order valence-corrected chi connectivity index (χ0v) is 16.3. The number of ether oxygens (including phenoxy) is 1. The summed E-state index contributed by atoms with van der Waals surface area (Å²) in [6.07, 6.45) is 1.06. The number of thiophene rings is 1. The largest absolute Gasteiger partial charge is 0.494 e. The number of aromatic hydroxyl groups is 1. The normalized spacial score (nSPS) is 11.1. The molecule has 0 spiro atoms. The van der Waals surface area contributed by atoms with Gasteiger partial charge in [0.25, 0.3) is 5.56 Å². The van der Waals surface area contributed by atoms with Crippen LogP contribution in [0.4, 0.5) is 5.00 Å². The third-order valence-electron chi connectivity index (χ3n) is 3.91. The molecular weight excluding hydrogens is 374 g/mol.